The van der Waals surface area contributed by atoms with Crippen molar-refractivity contribution in [2.75, 3.05) is 20.6 Å². The minimum Gasteiger partial charge on any atom is -0.478 e. The quantitative estimate of drug-likeness (QED) is 0.828. The van der Waals surface area contributed by atoms with Gasteiger partial charge in [0.05, 0.1) is 0 Å². The van der Waals surface area contributed by atoms with Crippen LogP contribution in [0.25, 0.3) is 6.08 Å². The molecule has 0 aromatic heterocycles. The lowest BCUT2D eigenvalue weighted by molar-refractivity contribution is -0.134. The van der Waals surface area contributed by atoms with Gasteiger partial charge in [-0.3, -0.25) is 0 Å². The third-order valence-corrected chi connectivity index (χ3v) is 2.72. The summed E-state index contributed by atoms with van der Waals surface area (Å²) in [6.07, 6.45) is 4.56. The molecule has 1 aliphatic carbocycles. The van der Waals surface area contributed by atoms with E-state index in [0.29, 0.717) is 12.2 Å². The number of hydrogen-bond acceptors (Lipinski definition) is 3. The molecule has 112 valence electrons. The lowest BCUT2D eigenvalue weighted by Gasteiger charge is -2.09. The molecule has 0 aliphatic heterocycles. The average Bonchev–Trinajstić information content (AvgIpc) is 2.78. The minimum absolute atomic E-state index is 0.558. The Morgan fingerprint density at radius 3 is 2.19 bits per heavy atom. The van der Waals surface area contributed by atoms with Crippen LogP contribution >= 0.6 is 0 Å². The van der Waals surface area contributed by atoms with E-state index in [2.05, 4.69) is 49.3 Å². The van der Waals surface area contributed by atoms with Crippen molar-refractivity contribution < 1.29 is 19.8 Å². The SMILES string of the molecule is CN(C)CC1=Cc2ccccc2C1.O=C(O)/C=C\C(=O)O. The molecule has 0 unspecified atom stereocenters. The lowest BCUT2D eigenvalue weighted by Crippen LogP contribution is -2.14. The first-order valence-electron chi connectivity index (χ1n) is 6.44. The van der Waals surface area contributed by atoms with Gasteiger partial charge in [0.2, 0.25) is 0 Å². The molecule has 2 N–H and O–H groups in total. The fourth-order valence-corrected chi connectivity index (χ4v) is 2.00. The number of carboxylic acid groups (broad SMARTS) is 2. The second kappa shape index (κ2) is 8.01. The number of hydrogen-bond donors (Lipinski definition) is 2. The van der Waals surface area contributed by atoms with Gasteiger partial charge in [0, 0.05) is 18.7 Å². The summed E-state index contributed by atoms with van der Waals surface area (Å²) in [6, 6.07) is 8.63. The van der Waals surface area contributed by atoms with E-state index in [0.717, 1.165) is 13.0 Å². The summed E-state index contributed by atoms with van der Waals surface area (Å²) in [5, 5.41) is 15.6. The number of fused-ring (bicyclic) bond motifs is 1. The van der Waals surface area contributed by atoms with Crippen LogP contribution in [0, 0.1) is 0 Å². The van der Waals surface area contributed by atoms with E-state index in [1.54, 1.807) is 0 Å². The number of nitrogens with zero attached hydrogens (tertiary/aromatic N) is 1. The Morgan fingerprint density at radius 2 is 1.71 bits per heavy atom. The van der Waals surface area contributed by atoms with Crippen LogP contribution in [0.1, 0.15) is 11.1 Å². The Labute approximate surface area is 123 Å². The number of aliphatic carboxylic acids is 2. The Bertz CT molecular complexity index is 557. The smallest absolute Gasteiger partial charge is 0.328 e. The zero-order chi connectivity index (χ0) is 15.8. The Hall–Kier alpha value is -2.40. The van der Waals surface area contributed by atoms with E-state index in [4.69, 9.17) is 10.2 Å². The first-order valence-corrected chi connectivity index (χ1v) is 6.44. The normalized spacial score (nSPS) is 12.6. The number of carbonyl (C=O) groups is 2. The Morgan fingerprint density at radius 1 is 1.14 bits per heavy atom. The van der Waals surface area contributed by atoms with Gasteiger partial charge in [-0.1, -0.05) is 35.9 Å². The van der Waals surface area contributed by atoms with Crippen molar-refractivity contribution in [2.45, 2.75) is 6.42 Å². The summed E-state index contributed by atoms with van der Waals surface area (Å²) in [5.41, 5.74) is 4.39. The molecule has 0 bridgehead atoms. The molecule has 5 nitrogen and oxygen atoms in total. The molecule has 0 amide bonds. The van der Waals surface area contributed by atoms with Crippen LogP contribution in [0.4, 0.5) is 0 Å². The topological polar surface area (TPSA) is 77.8 Å². The molecule has 0 spiro atoms. The van der Waals surface area contributed by atoms with Gasteiger partial charge in [0.25, 0.3) is 0 Å². The highest BCUT2D eigenvalue weighted by Crippen LogP contribution is 2.24. The van der Waals surface area contributed by atoms with E-state index >= 15 is 0 Å². The molecule has 0 saturated heterocycles. The maximum absolute atomic E-state index is 9.55. The summed E-state index contributed by atoms with van der Waals surface area (Å²) >= 11 is 0. The number of likely N-dealkylation sites (N-methyl/N-ethyl adjacent to an activating group) is 1. The Kier molecular flexibility index (Phi) is 6.36. The third kappa shape index (κ3) is 6.54. The first-order chi connectivity index (χ1) is 9.88. The van der Waals surface area contributed by atoms with Crippen molar-refractivity contribution in [3.63, 3.8) is 0 Å². The molecule has 0 saturated carbocycles. The molecule has 2 rings (SSSR count). The zero-order valence-electron chi connectivity index (χ0n) is 12.1. The molecule has 0 fully saturated rings. The highest BCUT2D eigenvalue weighted by Gasteiger charge is 2.11. The summed E-state index contributed by atoms with van der Waals surface area (Å²) in [5.74, 6) is -2.51. The van der Waals surface area contributed by atoms with Crippen LogP contribution in [-0.4, -0.2) is 47.7 Å². The second-order valence-electron chi connectivity index (χ2n) is 4.93. The van der Waals surface area contributed by atoms with Crippen LogP contribution in [0.2, 0.25) is 0 Å². The number of carboxylic acids is 2. The predicted molar refractivity (Wildman–Crippen MR) is 81.1 cm³/mol. The third-order valence-electron chi connectivity index (χ3n) is 2.72. The van der Waals surface area contributed by atoms with E-state index in [1.165, 1.54) is 16.7 Å². The van der Waals surface area contributed by atoms with E-state index in [1.807, 2.05) is 0 Å². The van der Waals surface area contributed by atoms with Gasteiger partial charge in [0.1, 0.15) is 0 Å². The fraction of sp³-hybridized carbons (Fsp3) is 0.250. The van der Waals surface area contributed by atoms with Crippen molar-refractivity contribution in [3.8, 4) is 0 Å². The van der Waals surface area contributed by atoms with Crippen molar-refractivity contribution in [2.24, 2.45) is 0 Å². The van der Waals surface area contributed by atoms with Gasteiger partial charge in [-0.05, 0) is 31.6 Å². The van der Waals surface area contributed by atoms with Crippen LogP contribution < -0.4 is 0 Å². The highest BCUT2D eigenvalue weighted by atomic mass is 16.4. The van der Waals surface area contributed by atoms with Crippen molar-refractivity contribution in [1.82, 2.24) is 4.90 Å². The van der Waals surface area contributed by atoms with E-state index < -0.39 is 11.9 Å². The van der Waals surface area contributed by atoms with E-state index in [9.17, 15) is 9.59 Å². The molecular formula is C16H19NO4. The molecule has 21 heavy (non-hydrogen) atoms. The summed E-state index contributed by atoms with van der Waals surface area (Å²) in [7, 11) is 4.23. The lowest BCUT2D eigenvalue weighted by atomic mass is 10.1. The summed E-state index contributed by atoms with van der Waals surface area (Å²) in [4.78, 5) is 21.3. The van der Waals surface area contributed by atoms with Gasteiger partial charge >= 0.3 is 11.9 Å². The molecule has 5 heteroatoms. The van der Waals surface area contributed by atoms with E-state index in [-0.39, 0.29) is 0 Å². The average molecular weight is 289 g/mol. The highest BCUT2D eigenvalue weighted by molar-refractivity contribution is 5.89. The second-order valence-corrected chi connectivity index (χ2v) is 4.93. The van der Waals surface area contributed by atoms with Gasteiger partial charge < -0.3 is 15.1 Å². The van der Waals surface area contributed by atoms with Crippen LogP contribution in [-0.2, 0) is 16.0 Å². The van der Waals surface area contributed by atoms with Crippen LogP contribution in [0.3, 0.4) is 0 Å². The Balaban J connectivity index is 0.000000240. The van der Waals surface area contributed by atoms with Crippen molar-refractivity contribution in [3.05, 3.63) is 53.1 Å². The van der Waals surface area contributed by atoms with Crippen LogP contribution in [0.15, 0.2) is 42.0 Å². The standard InChI is InChI=1S/C12H15N.C4H4O4/c1-13(2)9-10-7-11-5-3-4-6-12(11)8-10;5-3(6)1-2-4(7)8/h3-7H,8-9H2,1-2H3;1-2H,(H,5,6)(H,7,8)/b;2-1-. The van der Waals surface area contributed by atoms with Crippen molar-refractivity contribution in [1.29, 1.82) is 0 Å². The number of rotatable bonds is 4. The first kappa shape index (κ1) is 16.7. The van der Waals surface area contributed by atoms with Gasteiger partial charge in [-0.2, -0.15) is 0 Å². The minimum atomic E-state index is -1.26. The maximum atomic E-state index is 9.55. The van der Waals surface area contributed by atoms with Crippen LogP contribution in [0.5, 0.6) is 0 Å². The molecule has 1 aromatic carbocycles. The van der Waals surface area contributed by atoms with Gasteiger partial charge in [-0.25, -0.2) is 9.59 Å². The van der Waals surface area contributed by atoms with Gasteiger partial charge in [0.15, 0.2) is 0 Å². The molecule has 0 radical (unpaired) electrons. The van der Waals surface area contributed by atoms with Gasteiger partial charge in [-0.15, -0.1) is 0 Å². The fourth-order valence-electron chi connectivity index (χ4n) is 2.00. The zero-order valence-corrected chi connectivity index (χ0v) is 12.1. The largest absolute Gasteiger partial charge is 0.478 e. The molecular weight excluding hydrogens is 270 g/mol. The number of benzene rings is 1. The molecule has 1 aliphatic rings. The van der Waals surface area contributed by atoms with Crippen molar-refractivity contribution >= 4 is 18.0 Å². The molecule has 1 aromatic rings. The monoisotopic (exact) mass is 289 g/mol. The molecule has 0 atom stereocenters. The summed E-state index contributed by atoms with van der Waals surface area (Å²) < 4.78 is 0. The summed E-state index contributed by atoms with van der Waals surface area (Å²) in [6.45, 7) is 1.08. The molecule has 0 heterocycles. The maximum Gasteiger partial charge on any atom is 0.328 e. The predicted octanol–water partition coefficient (Wildman–Crippen LogP) is 1.90.